The number of amides is 1. The highest BCUT2D eigenvalue weighted by atomic mass is 35.5. The van der Waals surface area contributed by atoms with Crippen molar-refractivity contribution >= 4 is 29.4 Å². The van der Waals surface area contributed by atoms with Gasteiger partial charge in [-0.3, -0.25) is 14.9 Å². The van der Waals surface area contributed by atoms with Gasteiger partial charge in [-0.1, -0.05) is 59.2 Å². The van der Waals surface area contributed by atoms with Crippen LogP contribution in [-0.2, 0) is 14.9 Å². The van der Waals surface area contributed by atoms with Gasteiger partial charge in [-0.15, -0.1) is 0 Å². The monoisotopic (exact) mass is 519 g/mol. The number of H-pyrrole nitrogens is 1. The summed E-state index contributed by atoms with van der Waals surface area (Å²) in [4.78, 5) is 39.7. The van der Waals surface area contributed by atoms with Gasteiger partial charge in [-0.05, 0) is 49.1 Å². The molecule has 4 aromatic rings. The number of nitrogens with one attached hydrogen (secondary N) is 2. The van der Waals surface area contributed by atoms with Crippen LogP contribution in [0.25, 0.3) is 22.6 Å². The molecule has 1 amide bonds. The van der Waals surface area contributed by atoms with Crippen LogP contribution < -0.4 is 10.9 Å². The van der Waals surface area contributed by atoms with Crippen molar-refractivity contribution in [1.82, 2.24) is 10.1 Å². The van der Waals surface area contributed by atoms with Crippen molar-refractivity contribution in [3.8, 4) is 22.6 Å². The Labute approximate surface area is 216 Å². The molecule has 1 aliphatic carbocycles. The number of aromatic amines is 1. The smallest absolute Gasteiger partial charge is 0.412 e. The minimum atomic E-state index is -0.832. The molecule has 1 fully saturated rings. The van der Waals surface area contributed by atoms with Gasteiger partial charge in [-0.25, -0.2) is 4.79 Å². The zero-order valence-electron chi connectivity index (χ0n) is 19.7. The van der Waals surface area contributed by atoms with Gasteiger partial charge in [-0.2, -0.15) is 0 Å². The Morgan fingerprint density at radius 2 is 1.86 bits per heavy atom. The molecule has 9 nitrogen and oxygen atoms in total. The summed E-state index contributed by atoms with van der Waals surface area (Å²) in [7, 11) is 0. The Kier molecular flexibility index (Phi) is 6.31. The van der Waals surface area contributed by atoms with E-state index in [1.165, 1.54) is 6.20 Å². The highest BCUT2D eigenvalue weighted by Crippen LogP contribution is 2.48. The lowest BCUT2D eigenvalue weighted by atomic mass is 9.94. The summed E-state index contributed by atoms with van der Waals surface area (Å²) in [6.45, 7) is 1.70. The molecule has 1 atom stereocenters. The molecule has 2 aromatic carbocycles. The minimum Gasteiger partial charge on any atom is -0.481 e. The van der Waals surface area contributed by atoms with Crippen LogP contribution in [0.4, 0.5) is 10.5 Å². The van der Waals surface area contributed by atoms with Crippen LogP contribution >= 0.6 is 11.6 Å². The van der Waals surface area contributed by atoms with E-state index in [0.717, 1.165) is 5.56 Å². The summed E-state index contributed by atoms with van der Waals surface area (Å²) in [5.41, 5.74) is 1.76. The van der Waals surface area contributed by atoms with Crippen LogP contribution in [0.15, 0.2) is 76.2 Å². The number of carboxylic acids is 1. The number of nitrogens with zero attached hydrogens (tertiary/aromatic N) is 1. The van der Waals surface area contributed by atoms with Gasteiger partial charge in [0.2, 0.25) is 5.76 Å². The molecule has 10 heteroatoms. The minimum absolute atomic E-state index is 0.151. The Morgan fingerprint density at radius 1 is 1.14 bits per heavy atom. The van der Waals surface area contributed by atoms with E-state index in [1.807, 2.05) is 0 Å². The number of halogens is 1. The summed E-state index contributed by atoms with van der Waals surface area (Å²) in [5.74, 6) is -0.681. The maximum atomic E-state index is 12.9. The van der Waals surface area contributed by atoms with Crippen molar-refractivity contribution in [2.75, 3.05) is 5.32 Å². The summed E-state index contributed by atoms with van der Waals surface area (Å²) in [6.07, 6.45) is 1.17. The number of anilines is 1. The highest BCUT2D eigenvalue weighted by molar-refractivity contribution is 6.31. The van der Waals surface area contributed by atoms with Gasteiger partial charge in [0.15, 0.2) is 0 Å². The number of hydrogen-bond donors (Lipinski definition) is 3. The fraction of sp³-hybridized carbons (Fsp3) is 0.185. The molecule has 2 heterocycles. The van der Waals surface area contributed by atoms with Crippen LogP contribution in [0, 0.1) is 0 Å². The van der Waals surface area contributed by atoms with Crippen LogP contribution in [0.2, 0.25) is 5.02 Å². The number of aliphatic carboxylic acids is 1. The third-order valence-electron chi connectivity index (χ3n) is 6.50. The Hall–Kier alpha value is -4.37. The average Bonchev–Trinajstić information content (AvgIpc) is 3.57. The number of carbonyl (C=O) groups is 2. The van der Waals surface area contributed by atoms with Gasteiger partial charge in [0.25, 0.3) is 5.56 Å². The van der Waals surface area contributed by atoms with E-state index in [-0.39, 0.29) is 17.0 Å². The third-order valence-corrected chi connectivity index (χ3v) is 6.84. The van der Waals surface area contributed by atoms with Crippen molar-refractivity contribution in [1.29, 1.82) is 0 Å². The molecule has 1 aliphatic rings. The molecule has 1 unspecified atom stereocenters. The van der Waals surface area contributed by atoms with Crippen LogP contribution in [0.3, 0.4) is 0 Å². The summed E-state index contributed by atoms with van der Waals surface area (Å²) in [5, 5.41) is 16.3. The first kappa shape index (κ1) is 24.3. The van der Waals surface area contributed by atoms with E-state index < -0.39 is 23.6 Å². The molecule has 0 radical (unpaired) electrons. The Morgan fingerprint density at radius 3 is 2.51 bits per heavy atom. The quantitative estimate of drug-likeness (QED) is 0.282. The van der Waals surface area contributed by atoms with Gasteiger partial charge in [0, 0.05) is 16.1 Å². The van der Waals surface area contributed by atoms with Crippen molar-refractivity contribution < 1.29 is 24.0 Å². The molecule has 2 aromatic heterocycles. The zero-order chi connectivity index (χ0) is 26.2. The van der Waals surface area contributed by atoms with Gasteiger partial charge >= 0.3 is 12.1 Å². The number of benzene rings is 2. The van der Waals surface area contributed by atoms with Crippen molar-refractivity contribution in [2.45, 2.75) is 31.3 Å². The zero-order valence-corrected chi connectivity index (χ0v) is 20.4. The maximum Gasteiger partial charge on any atom is 0.412 e. The molecular formula is C27H22ClN3O6. The van der Waals surface area contributed by atoms with Gasteiger partial charge in [0.05, 0.1) is 17.3 Å². The molecule has 3 N–H and O–H groups in total. The number of ether oxygens (including phenoxy) is 1. The van der Waals surface area contributed by atoms with E-state index in [4.69, 9.17) is 20.9 Å². The van der Waals surface area contributed by atoms with Crippen LogP contribution in [-0.4, -0.2) is 27.3 Å². The lowest BCUT2D eigenvalue weighted by Crippen LogP contribution is -2.19. The largest absolute Gasteiger partial charge is 0.481 e. The molecule has 0 spiro atoms. The van der Waals surface area contributed by atoms with E-state index in [9.17, 15) is 19.5 Å². The van der Waals surface area contributed by atoms with Gasteiger partial charge < -0.3 is 19.4 Å². The predicted octanol–water partition coefficient (Wildman–Crippen LogP) is 5.78. The Bertz CT molecular complexity index is 1540. The molecule has 1 saturated carbocycles. The van der Waals surface area contributed by atoms with Crippen molar-refractivity contribution in [3.05, 3.63) is 93.4 Å². The van der Waals surface area contributed by atoms with Crippen LogP contribution in [0.5, 0.6) is 0 Å². The Balaban J connectivity index is 1.31. The molecule has 5 rings (SSSR count). The van der Waals surface area contributed by atoms with E-state index in [2.05, 4.69) is 15.5 Å². The molecule has 0 saturated heterocycles. The lowest BCUT2D eigenvalue weighted by Gasteiger charge is -2.15. The van der Waals surface area contributed by atoms with Crippen molar-refractivity contribution in [2.24, 2.45) is 0 Å². The third kappa shape index (κ3) is 4.73. The SMILES string of the molecule is CC(OC(=O)Nc1cnoc1-c1ccc(-c2ccc(C3(C(=O)O)CC3)cc2)c(=O)[nH]1)c1ccccc1Cl. The first-order chi connectivity index (χ1) is 17.8. The van der Waals surface area contributed by atoms with E-state index >= 15 is 0 Å². The molecule has 0 aliphatic heterocycles. The predicted molar refractivity (Wildman–Crippen MR) is 137 cm³/mol. The highest BCUT2D eigenvalue weighted by Gasteiger charge is 2.51. The second-order valence-corrected chi connectivity index (χ2v) is 9.25. The number of carboxylic acid groups (broad SMARTS) is 1. The topological polar surface area (TPSA) is 135 Å². The van der Waals surface area contributed by atoms with Crippen LogP contribution in [0.1, 0.15) is 37.0 Å². The number of hydrogen-bond acceptors (Lipinski definition) is 6. The maximum absolute atomic E-state index is 12.9. The number of carbonyl (C=O) groups excluding carboxylic acids is 1. The first-order valence-electron chi connectivity index (χ1n) is 11.5. The second kappa shape index (κ2) is 9.59. The van der Waals surface area contributed by atoms with Crippen molar-refractivity contribution in [3.63, 3.8) is 0 Å². The fourth-order valence-electron chi connectivity index (χ4n) is 4.24. The average molecular weight is 520 g/mol. The molecule has 37 heavy (non-hydrogen) atoms. The number of pyridine rings is 1. The van der Waals surface area contributed by atoms with E-state index in [0.29, 0.717) is 40.2 Å². The second-order valence-electron chi connectivity index (χ2n) is 8.84. The lowest BCUT2D eigenvalue weighted by molar-refractivity contribution is -0.140. The molecule has 188 valence electrons. The number of aromatic nitrogens is 2. The normalized spacial score (nSPS) is 14.5. The fourth-order valence-corrected chi connectivity index (χ4v) is 4.53. The first-order valence-corrected chi connectivity index (χ1v) is 11.9. The summed E-state index contributed by atoms with van der Waals surface area (Å²) in [6, 6.07) is 17.3. The summed E-state index contributed by atoms with van der Waals surface area (Å²) >= 11 is 6.17. The number of rotatable bonds is 7. The van der Waals surface area contributed by atoms with E-state index in [1.54, 1.807) is 67.6 Å². The summed E-state index contributed by atoms with van der Waals surface area (Å²) < 4.78 is 10.7. The molecule has 0 bridgehead atoms. The standard InChI is InChI=1S/C27H22ClN3O6/c1-15(18-4-2-3-5-20(18)28)36-26(35)31-22-14-29-37-23(22)21-11-10-19(24(32)30-21)16-6-8-17(9-7-16)27(12-13-27)25(33)34/h2-11,14-15H,12-13H2,1H3,(H,30,32)(H,31,35)(H,33,34). The molecular weight excluding hydrogens is 498 g/mol. The van der Waals surface area contributed by atoms with Gasteiger partial charge in [0.1, 0.15) is 11.8 Å².